The molecule has 1 unspecified atom stereocenters. The van der Waals surface area contributed by atoms with Gasteiger partial charge in [0.05, 0.1) is 0 Å². The number of nitrogens with zero attached hydrogens (tertiary/aromatic N) is 3. The number of amides is 1. The van der Waals surface area contributed by atoms with E-state index in [9.17, 15) is 4.79 Å². The van der Waals surface area contributed by atoms with Gasteiger partial charge in [-0.3, -0.25) is 9.69 Å². The number of rotatable bonds is 4. The van der Waals surface area contributed by atoms with E-state index < -0.39 is 0 Å². The van der Waals surface area contributed by atoms with Gasteiger partial charge in [-0.15, -0.1) is 0 Å². The molecule has 19 heavy (non-hydrogen) atoms. The number of piperidine rings is 1. The highest BCUT2D eigenvalue weighted by molar-refractivity contribution is 5.77. The van der Waals surface area contributed by atoms with Crippen LogP contribution in [0.25, 0.3) is 0 Å². The highest BCUT2D eigenvalue weighted by Gasteiger charge is 2.26. The minimum atomic E-state index is 0.225. The average molecular weight is 268 g/mol. The summed E-state index contributed by atoms with van der Waals surface area (Å²) in [6.07, 6.45) is 4.18. The highest BCUT2D eigenvalue weighted by Crippen LogP contribution is 2.13. The third kappa shape index (κ3) is 4.16. The minimum absolute atomic E-state index is 0.225. The first-order valence-electron chi connectivity index (χ1n) is 7.61. The van der Waals surface area contributed by atoms with Crippen molar-refractivity contribution in [3.8, 4) is 0 Å². The van der Waals surface area contributed by atoms with Crippen molar-refractivity contribution in [2.24, 2.45) is 5.73 Å². The lowest BCUT2D eigenvalue weighted by Crippen LogP contribution is -2.53. The van der Waals surface area contributed by atoms with Crippen molar-refractivity contribution in [2.75, 3.05) is 52.9 Å². The summed E-state index contributed by atoms with van der Waals surface area (Å²) in [6.45, 7) is 6.70. The first-order valence-corrected chi connectivity index (χ1v) is 7.61. The lowest BCUT2D eigenvalue weighted by Gasteiger charge is -2.38. The molecule has 2 aliphatic rings. The maximum Gasteiger partial charge on any atom is 0.224 e. The fourth-order valence-corrected chi connectivity index (χ4v) is 3.02. The van der Waals surface area contributed by atoms with Crippen LogP contribution in [0.2, 0.25) is 0 Å². The van der Waals surface area contributed by atoms with Crippen molar-refractivity contribution in [1.82, 2.24) is 14.7 Å². The fraction of sp³-hybridized carbons (Fsp3) is 0.929. The van der Waals surface area contributed by atoms with E-state index in [1.54, 1.807) is 0 Å². The van der Waals surface area contributed by atoms with Crippen molar-refractivity contribution in [2.45, 2.75) is 31.7 Å². The summed E-state index contributed by atoms with van der Waals surface area (Å²) in [6, 6.07) is 0.225. The molecule has 0 aromatic heterocycles. The second-order valence-corrected chi connectivity index (χ2v) is 5.87. The Kier molecular flexibility index (Phi) is 5.60. The van der Waals surface area contributed by atoms with Crippen molar-refractivity contribution in [1.29, 1.82) is 0 Å². The maximum atomic E-state index is 12.3. The van der Waals surface area contributed by atoms with E-state index in [4.69, 9.17) is 5.73 Å². The summed E-state index contributed by atoms with van der Waals surface area (Å²) in [5.41, 5.74) is 5.89. The van der Waals surface area contributed by atoms with Gasteiger partial charge in [-0.2, -0.15) is 0 Å². The molecule has 110 valence electrons. The van der Waals surface area contributed by atoms with E-state index in [1.165, 1.54) is 6.42 Å². The normalized spacial score (nSPS) is 24.4. The first kappa shape index (κ1) is 14.8. The summed E-state index contributed by atoms with van der Waals surface area (Å²) >= 11 is 0. The Morgan fingerprint density at radius 1 is 1.05 bits per heavy atom. The van der Waals surface area contributed by atoms with Gasteiger partial charge >= 0.3 is 0 Å². The van der Waals surface area contributed by atoms with Gasteiger partial charge in [0.2, 0.25) is 5.91 Å². The molecule has 0 saturated carbocycles. The number of likely N-dealkylation sites (N-methyl/N-ethyl adjacent to an activating group) is 1. The quantitative estimate of drug-likeness (QED) is 0.777. The van der Waals surface area contributed by atoms with Gasteiger partial charge in [0.25, 0.3) is 0 Å². The molecule has 2 aliphatic heterocycles. The zero-order valence-corrected chi connectivity index (χ0v) is 12.2. The van der Waals surface area contributed by atoms with E-state index >= 15 is 0 Å². The molecule has 0 spiro atoms. The van der Waals surface area contributed by atoms with Gasteiger partial charge < -0.3 is 15.5 Å². The molecule has 5 nitrogen and oxygen atoms in total. The molecule has 2 heterocycles. The molecular weight excluding hydrogens is 240 g/mol. The Labute approximate surface area is 116 Å². The summed E-state index contributed by atoms with van der Waals surface area (Å²) in [4.78, 5) is 19.1. The van der Waals surface area contributed by atoms with E-state index in [0.717, 1.165) is 52.1 Å². The summed E-state index contributed by atoms with van der Waals surface area (Å²) in [5, 5.41) is 0. The number of hydrogen-bond donors (Lipinski definition) is 1. The minimum Gasteiger partial charge on any atom is -0.343 e. The Hall–Kier alpha value is -0.650. The molecule has 5 heteroatoms. The molecule has 0 aromatic carbocycles. The monoisotopic (exact) mass is 268 g/mol. The molecule has 0 aliphatic carbocycles. The third-order valence-corrected chi connectivity index (χ3v) is 4.45. The summed E-state index contributed by atoms with van der Waals surface area (Å²) < 4.78 is 0. The van der Waals surface area contributed by atoms with Crippen LogP contribution in [0.3, 0.4) is 0 Å². The van der Waals surface area contributed by atoms with Crippen LogP contribution < -0.4 is 5.73 Å². The van der Waals surface area contributed by atoms with Crippen LogP contribution in [-0.4, -0.2) is 79.5 Å². The second-order valence-electron chi connectivity index (χ2n) is 5.87. The van der Waals surface area contributed by atoms with Crippen molar-refractivity contribution in [3.63, 3.8) is 0 Å². The number of carbonyl (C=O) groups excluding carboxylic acids is 1. The van der Waals surface area contributed by atoms with E-state index in [-0.39, 0.29) is 6.04 Å². The number of carbonyl (C=O) groups is 1. The molecule has 2 fully saturated rings. The Balaban J connectivity index is 1.82. The topological polar surface area (TPSA) is 52.8 Å². The van der Waals surface area contributed by atoms with Crippen LogP contribution in [0.15, 0.2) is 0 Å². The van der Waals surface area contributed by atoms with Crippen molar-refractivity contribution < 1.29 is 4.79 Å². The number of nitrogens with two attached hydrogens (primary N) is 1. The molecule has 0 aromatic rings. The van der Waals surface area contributed by atoms with E-state index in [1.807, 2.05) is 4.90 Å². The van der Waals surface area contributed by atoms with Crippen LogP contribution in [-0.2, 0) is 4.79 Å². The van der Waals surface area contributed by atoms with Crippen molar-refractivity contribution in [3.05, 3.63) is 0 Å². The van der Waals surface area contributed by atoms with Crippen LogP contribution in [0.4, 0.5) is 0 Å². The molecule has 1 atom stereocenters. The van der Waals surface area contributed by atoms with Gasteiger partial charge in [0.1, 0.15) is 0 Å². The van der Waals surface area contributed by atoms with Gasteiger partial charge in [-0.05, 0) is 26.3 Å². The van der Waals surface area contributed by atoms with Crippen LogP contribution in [0.5, 0.6) is 0 Å². The highest BCUT2D eigenvalue weighted by atomic mass is 16.2. The standard InChI is InChI=1S/C14H28N4O/c1-16-7-9-17(10-8-16)13(12-15)11-14(19)18-5-3-2-4-6-18/h13H,2-12,15H2,1H3. The lowest BCUT2D eigenvalue weighted by molar-refractivity contribution is -0.133. The van der Waals surface area contributed by atoms with Gasteiger partial charge in [0.15, 0.2) is 0 Å². The predicted octanol–water partition coefficient (Wildman–Crippen LogP) is -0.0363. The number of piperazine rings is 1. The Morgan fingerprint density at radius 3 is 2.26 bits per heavy atom. The van der Waals surface area contributed by atoms with Gasteiger partial charge in [0, 0.05) is 58.3 Å². The lowest BCUT2D eigenvalue weighted by atomic mass is 10.1. The van der Waals surface area contributed by atoms with Crippen molar-refractivity contribution >= 4 is 5.91 Å². The molecule has 2 saturated heterocycles. The predicted molar refractivity (Wildman–Crippen MR) is 77.0 cm³/mol. The van der Waals surface area contributed by atoms with Crippen LogP contribution in [0, 0.1) is 0 Å². The second kappa shape index (κ2) is 7.22. The maximum absolute atomic E-state index is 12.3. The fourth-order valence-electron chi connectivity index (χ4n) is 3.02. The number of likely N-dealkylation sites (tertiary alicyclic amines) is 1. The van der Waals surface area contributed by atoms with Gasteiger partial charge in [-0.1, -0.05) is 0 Å². The third-order valence-electron chi connectivity index (χ3n) is 4.45. The average Bonchev–Trinajstić information content (AvgIpc) is 2.46. The Morgan fingerprint density at radius 2 is 1.68 bits per heavy atom. The molecule has 2 N–H and O–H groups in total. The molecule has 1 amide bonds. The first-order chi connectivity index (χ1) is 9.20. The zero-order valence-electron chi connectivity index (χ0n) is 12.2. The number of hydrogen-bond acceptors (Lipinski definition) is 4. The van der Waals surface area contributed by atoms with E-state index in [2.05, 4.69) is 16.8 Å². The smallest absolute Gasteiger partial charge is 0.224 e. The largest absolute Gasteiger partial charge is 0.343 e. The molecular formula is C14H28N4O. The summed E-state index contributed by atoms with van der Waals surface area (Å²) in [7, 11) is 2.15. The van der Waals surface area contributed by atoms with Gasteiger partial charge in [-0.25, -0.2) is 0 Å². The zero-order chi connectivity index (χ0) is 13.7. The van der Waals surface area contributed by atoms with Crippen LogP contribution >= 0.6 is 0 Å². The summed E-state index contributed by atoms with van der Waals surface area (Å²) in [5.74, 6) is 0.300. The molecule has 0 radical (unpaired) electrons. The SMILES string of the molecule is CN1CCN(C(CN)CC(=O)N2CCCCC2)CC1. The Bertz CT molecular complexity index is 283. The molecule has 0 bridgehead atoms. The van der Waals surface area contributed by atoms with Crippen LogP contribution in [0.1, 0.15) is 25.7 Å². The van der Waals surface area contributed by atoms with E-state index in [0.29, 0.717) is 18.9 Å². The molecule has 2 rings (SSSR count).